The van der Waals surface area contributed by atoms with Gasteiger partial charge in [-0.2, -0.15) is 0 Å². The number of nitrogens with zero attached hydrogens (tertiary/aromatic N) is 1. The molecule has 0 aliphatic rings. The molecule has 0 saturated heterocycles. The maximum atomic E-state index is 13.0. The molecule has 2 aromatic rings. The first-order valence-corrected chi connectivity index (χ1v) is 11.9. The summed E-state index contributed by atoms with van der Waals surface area (Å²) in [5.41, 5.74) is 2.34. The minimum atomic E-state index is -0.431. The van der Waals surface area contributed by atoms with E-state index in [1.54, 1.807) is 16.7 Å². The van der Waals surface area contributed by atoms with Gasteiger partial charge in [-0.25, -0.2) is 0 Å². The number of carbonyl (C=O) groups excluding carboxylic acids is 2. The van der Waals surface area contributed by atoms with Crippen molar-refractivity contribution in [3.8, 4) is 0 Å². The zero-order chi connectivity index (χ0) is 21.1. The molecule has 1 N–H and O–H groups in total. The van der Waals surface area contributed by atoms with E-state index >= 15 is 0 Å². The SMILES string of the molecule is CCNC(=O)C(CC)N(CCc1ccccc1)C(=O)CSCc1ccc(Br)cc1. The van der Waals surface area contributed by atoms with Crippen molar-refractivity contribution in [2.24, 2.45) is 0 Å². The van der Waals surface area contributed by atoms with Gasteiger partial charge < -0.3 is 10.2 Å². The first kappa shape index (κ1) is 23.5. The predicted octanol–water partition coefficient (Wildman–Crippen LogP) is 4.67. The molecular weight excluding hydrogens is 448 g/mol. The Balaban J connectivity index is 2.02. The molecule has 0 aliphatic heterocycles. The summed E-state index contributed by atoms with van der Waals surface area (Å²) in [6.07, 6.45) is 1.34. The molecule has 0 fully saturated rings. The van der Waals surface area contributed by atoms with Gasteiger partial charge in [-0.05, 0) is 43.0 Å². The summed E-state index contributed by atoms with van der Waals surface area (Å²) in [7, 11) is 0. The van der Waals surface area contributed by atoms with E-state index in [0.29, 0.717) is 25.3 Å². The van der Waals surface area contributed by atoms with E-state index in [1.807, 2.05) is 44.2 Å². The van der Waals surface area contributed by atoms with Crippen molar-refractivity contribution in [1.82, 2.24) is 10.2 Å². The van der Waals surface area contributed by atoms with E-state index in [4.69, 9.17) is 0 Å². The molecule has 0 spiro atoms. The maximum Gasteiger partial charge on any atom is 0.242 e. The summed E-state index contributed by atoms with van der Waals surface area (Å²) in [6, 6.07) is 17.8. The zero-order valence-electron chi connectivity index (χ0n) is 17.1. The second-order valence-corrected chi connectivity index (χ2v) is 8.66. The van der Waals surface area contributed by atoms with Gasteiger partial charge in [-0.1, -0.05) is 65.3 Å². The van der Waals surface area contributed by atoms with Gasteiger partial charge in [0, 0.05) is 23.3 Å². The highest BCUT2D eigenvalue weighted by molar-refractivity contribution is 9.10. The summed E-state index contributed by atoms with van der Waals surface area (Å²) >= 11 is 5.02. The number of thioether (sulfide) groups is 1. The topological polar surface area (TPSA) is 49.4 Å². The second-order valence-electron chi connectivity index (χ2n) is 6.76. The standard InChI is InChI=1S/C23H29BrN2O2S/c1-3-21(23(28)25-4-2)26(15-14-18-8-6-5-7-9-18)22(27)17-29-16-19-10-12-20(24)13-11-19/h5-13,21H,3-4,14-17H2,1-2H3,(H,25,28). The molecule has 4 nitrogen and oxygen atoms in total. The van der Waals surface area contributed by atoms with Gasteiger partial charge in [-0.3, -0.25) is 9.59 Å². The molecular formula is C23H29BrN2O2S. The third kappa shape index (κ3) is 7.86. The zero-order valence-corrected chi connectivity index (χ0v) is 19.5. The fraction of sp³-hybridized carbons (Fsp3) is 0.391. The molecule has 0 aliphatic carbocycles. The monoisotopic (exact) mass is 476 g/mol. The lowest BCUT2D eigenvalue weighted by molar-refractivity contribution is -0.138. The van der Waals surface area contributed by atoms with E-state index in [1.165, 1.54) is 11.1 Å². The minimum absolute atomic E-state index is 0.0149. The first-order valence-electron chi connectivity index (χ1n) is 9.98. The Morgan fingerprint density at radius 3 is 2.34 bits per heavy atom. The van der Waals surface area contributed by atoms with Crippen molar-refractivity contribution in [2.45, 2.75) is 38.5 Å². The predicted molar refractivity (Wildman–Crippen MR) is 125 cm³/mol. The van der Waals surface area contributed by atoms with Gasteiger partial charge in [0.2, 0.25) is 11.8 Å². The lowest BCUT2D eigenvalue weighted by Gasteiger charge is -2.30. The van der Waals surface area contributed by atoms with E-state index in [9.17, 15) is 9.59 Å². The van der Waals surface area contributed by atoms with Crippen LogP contribution >= 0.6 is 27.7 Å². The third-order valence-corrected chi connectivity index (χ3v) is 6.15. The highest BCUT2D eigenvalue weighted by Crippen LogP contribution is 2.18. The van der Waals surface area contributed by atoms with Crippen molar-refractivity contribution in [3.63, 3.8) is 0 Å². The lowest BCUT2D eigenvalue weighted by atomic mass is 10.1. The molecule has 0 heterocycles. The highest BCUT2D eigenvalue weighted by atomic mass is 79.9. The number of nitrogens with one attached hydrogen (secondary N) is 1. The summed E-state index contributed by atoms with van der Waals surface area (Å²) in [5.74, 6) is 1.07. The molecule has 2 aromatic carbocycles. The number of rotatable bonds is 11. The number of benzene rings is 2. The van der Waals surface area contributed by atoms with Gasteiger partial charge in [0.1, 0.15) is 6.04 Å². The van der Waals surface area contributed by atoms with Crippen LogP contribution in [0, 0.1) is 0 Å². The fourth-order valence-corrected chi connectivity index (χ4v) is 4.24. The highest BCUT2D eigenvalue weighted by Gasteiger charge is 2.27. The quantitative estimate of drug-likeness (QED) is 0.512. The van der Waals surface area contributed by atoms with Crippen LogP contribution in [0.25, 0.3) is 0 Å². The maximum absolute atomic E-state index is 13.0. The van der Waals surface area contributed by atoms with E-state index in [-0.39, 0.29) is 11.8 Å². The summed E-state index contributed by atoms with van der Waals surface area (Å²) in [4.78, 5) is 27.3. The van der Waals surface area contributed by atoms with Gasteiger partial charge in [-0.15, -0.1) is 11.8 Å². The number of halogens is 1. The number of likely N-dealkylation sites (N-methyl/N-ethyl adjacent to an activating group) is 1. The molecule has 29 heavy (non-hydrogen) atoms. The number of amides is 2. The smallest absolute Gasteiger partial charge is 0.242 e. The molecule has 1 atom stereocenters. The van der Waals surface area contributed by atoms with E-state index in [0.717, 1.165) is 16.6 Å². The van der Waals surface area contributed by atoms with Crippen LogP contribution in [0.5, 0.6) is 0 Å². The molecule has 0 aromatic heterocycles. The van der Waals surface area contributed by atoms with Crippen LogP contribution in [0.4, 0.5) is 0 Å². The third-order valence-electron chi connectivity index (χ3n) is 4.63. The van der Waals surface area contributed by atoms with Gasteiger partial charge >= 0.3 is 0 Å². The van der Waals surface area contributed by atoms with Crippen molar-refractivity contribution < 1.29 is 9.59 Å². The molecule has 0 bridgehead atoms. The molecule has 156 valence electrons. The number of carbonyl (C=O) groups is 2. The van der Waals surface area contributed by atoms with Crippen molar-refractivity contribution in [3.05, 3.63) is 70.2 Å². The van der Waals surface area contributed by atoms with E-state index in [2.05, 4.69) is 45.5 Å². The average molecular weight is 477 g/mol. The van der Waals surface area contributed by atoms with Gasteiger partial charge in [0.25, 0.3) is 0 Å². The van der Waals surface area contributed by atoms with Crippen molar-refractivity contribution in [2.75, 3.05) is 18.8 Å². The average Bonchev–Trinajstić information content (AvgIpc) is 2.73. The van der Waals surface area contributed by atoms with Gasteiger partial charge in [0.05, 0.1) is 5.75 Å². The summed E-state index contributed by atoms with van der Waals surface area (Å²) in [6.45, 7) is 4.96. The molecule has 2 rings (SSSR count). The van der Waals surface area contributed by atoms with Crippen LogP contribution < -0.4 is 5.32 Å². The van der Waals surface area contributed by atoms with Crippen LogP contribution in [0.1, 0.15) is 31.4 Å². The Bertz CT molecular complexity index is 768. The van der Waals surface area contributed by atoms with E-state index < -0.39 is 6.04 Å². The molecule has 0 saturated carbocycles. The Morgan fingerprint density at radius 1 is 1.03 bits per heavy atom. The number of hydrogen-bond donors (Lipinski definition) is 1. The van der Waals surface area contributed by atoms with Crippen LogP contribution in [0.2, 0.25) is 0 Å². The largest absolute Gasteiger partial charge is 0.355 e. The van der Waals surface area contributed by atoms with Crippen LogP contribution in [0.3, 0.4) is 0 Å². The molecule has 6 heteroatoms. The fourth-order valence-electron chi connectivity index (χ4n) is 3.11. The summed E-state index contributed by atoms with van der Waals surface area (Å²) < 4.78 is 1.04. The Hall–Kier alpha value is -1.79. The van der Waals surface area contributed by atoms with Crippen LogP contribution in [-0.4, -0.2) is 41.6 Å². The second kappa shape index (κ2) is 12.7. The lowest BCUT2D eigenvalue weighted by Crippen LogP contribution is -2.50. The number of hydrogen-bond acceptors (Lipinski definition) is 3. The Morgan fingerprint density at radius 2 is 1.72 bits per heavy atom. The van der Waals surface area contributed by atoms with Crippen LogP contribution in [0.15, 0.2) is 59.1 Å². The minimum Gasteiger partial charge on any atom is -0.355 e. The van der Waals surface area contributed by atoms with Gasteiger partial charge in [0.15, 0.2) is 0 Å². The van der Waals surface area contributed by atoms with Crippen LogP contribution in [-0.2, 0) is 21.8 Å². The van der Waals surface area contributed by atoms with Crippen molar-refractivity contribution >= 4 is 39.5 Å². The molecule has 1 unspecified atom stereocenters. The normalized spacial score (nSPS) is 11.7. The summed E-state index contributed by atoms with van der Waals surface area (Å²) in [5, 5.41) is 2.87. The molecule has 0 radical (unpaired) electrons. The van der Waals surface area contributed by atoms with Crippen molar-refractivity contribution in [1.29, 1.82) is 0 Å². The Labute approximate surface area is 186 Å². The molecule has 2 amide bonds. The Kier molecular flexibility index (Phi) is 10.3. The first-order chi connectivity index (χ1) is 14.0.